The van der Waals surface area contributed by atoms with E-state index < -0.39 is 0 Å². The lowest BCUT2D eigenvalue weighted by Gasteiger charge is -2.38. The fourth-order valence-electron chi connectivity index (χ4n) is 3.92. The van der Waals surface area contributed by atoms with Crippen LogP contribution in [0.25, 0.3) is 0 Å². The number of ketones is 1. The van der Waals surface area contributed by atoms with Crippen LogP contribution in [0, 0.1) is 5.41 Å². The monoisotopic (exact) mass is 306 g/mol. The number of hydrogen-bond acceptors (Lipinski definition) is 1. The Morgan fingerprint density at radius 1 is 0.818 bits per heavy atom. The number of carbonyl (C=O) groups is 1. The predicted molar refractivity (Wildman–Crippen MR) is 97.2 cm³/mol. The third kappa shape index (κ3) is 5.56. The van der Waals surface area contributed by atoms with Gasteiger partial charge in [-0.1, -0.05) is 65.4 Å². The van der Waals surface area contributed by atoms with E-state index in [1.165, 1.54) is 75.4 Å². The van der Waals surface area contributed by atoms with Crippen molar-refractivity contribution in [2.75, 3.05) is 0 Å². The molecule has 1 nitrogen and oxygen atoms in total. The number of Topliss-reactive ketones (excluding diaryl/α,β-unsaturated/α-hetero) is 1. The summed E-state index contributed by atoms with van der Waals surface area (Å²) in [6.45, 7) is 9.04. The van der Waals surface area contributed by atoms with Gasteiger partial charge in [0, 0.05) is 6.42 Å². The quantitative estimate of drug-likeness (QED) is 0.375. The zero-order valence-corrected chi connectivity index (χ0v) is 15.6. The SMILES string of the molecule is CCCCCC1=C(CCCC)C(=O)CC(CC)(CCCC)C1. The third-order valence-corrected chi connectivity index (χ3v) is 5.56. The topological polar surface area (TPSA) is 17.1 Å². The van der Waals surface area contributed by atoms with Gasteiger partial charge in [-0.15, -0.1) is 0 Å². The molecular weight excluding hydrogens is 268 g/mol. The summed E-state index contributed by atoms with van der Waals surface area (Å²) in [6.07, 6.45) is 15.3. The molecule has 1 unspecified atom stereocenters. The van der Waals surface area contributed by atoms with Crippen molar-refractivity contribution >= 4 is 5.78 Å². The summed E-state index contributed by atoms with van der Waals surface area (Å²) < 4.78 is 0. The van der Waals surface area contributed by atoms with Crippen LogP contribution in [0.3, 0.4) is 0 Å². The Morgan fingerprint density at radius 2 is 1.50 bits per heavy atom. The molecule has 0 aliphatic heterocycles. The van der Waals surface area contributed by atoms with E-state index in [4.69, 9.17) is 0 Å². The van der Waals surface area contributed by atoms with Crippen LogP contribution >= 0.6 is 0 Å². The molecule has 0 aromatic carbocycles. The molecule has 0 saturated carbocycles. The number of unbranched alkanes of at least 4 members (excludes halogenated alkanes) is 4. The van der Waals surface area contributed by atoms with Gasteiger partial charge in [0.15, 0.2) is 5.78 Å². The van der Waals surface area contributed by atoms with Crippen molar-refractivity contribution in [1.29, 1.82) is 0 Å². The van der Waals surface area contributed by atoms with E-state index in [0.717, 1.165) is 19.3 Å². The van der Waals surface area contributed by atoms with Crippen LogP contribution < -0.4 is 0 Å². The van der Waals surface area contributed by atoms with E-state index in [9.17, 15) is 4.79 Å². The highest BCUT2D eigenvalue weighted by atomic mass is 16.1. The smallest absolute Gasteiger partial charge is 0.159 e. The summed E-state index contributed by atoms with van der Waals surface area (Å²) in [5.41, 5.74) is 3.05. The van der Waals surface area contributed by atoms with Gasteiger partial charge in [-0.2, -0.15) is 0 Å². The lowest BCUT2D eigenvalue weighted by atomic mass is 9.65. The van der Waals surface area contributed by atoms with Crippen LogP contribution in [0.5, 0.6) is 0 Å². The second kappa shape index (κ2) is 10.2. The first kappa shape index (κ1) is 19.5. The Kier molecular flexibility index (Phi) is 9.05. The number of rotatable bonds is 11. The van der Waals surface area contributed by atoms with Gasteiger partial charge in [0.25, 0.3) is 0 Å². The molecule has 0 bridgehead atoms. The highest BCUT2D eigenvalue weighted by Gasteiger charge is 2.37. The number of allylic oxidation sites excluding steroid dienone is 2. The second-order valence-corrected chi connectivity index (χ2v) is 7.38. The third-order valence-electron chi connectivity index (χ3n) is 5.56. The van der Waals surface area contributed by atoms with Gasteiger partial charge in [0.05, 0.1) is 0 Å². The molecule has 1 heteroatoms. The molecule has 0 radical (unpaired) electrons. The molecule has 1 atom stereocenters. The summed E-state index contributed by atoms with van der Waals surface area (Å²) in [4.78, 5) is 12.8. The minimum Gasteiger partial charge on any atom is -0.295 e. The number of hydrogen-bond donors (Lipinski definition) is 0. The first-order chi connectivity index (χ1) is 10.6. The van der Waals surface area contributed by atoms with Gasteiger partial charge >= 0.3 is 0 Å². The summed E-state index contributed by atoms with van der Waals surface area (Å²) in [5.74, 6) is 0.490. The summed E-state index contributed by atoms with van der Waals surface area (Å²) in [5, 5.41) is 0. The molecule has 0 fully saturated rings. The van der Waals surface area contributed by atoms with Crippen LogP contribution in [-0.4, -0.2) is 5.78 Å². The van der Waals surface area contributed by atoms with Crippen LogP contribution in [0.1, 0.15) is 111 Å². The zero-order valence-electron chi connectivity index (χ0n) is 15.6. The average molecular weight is 307 g/mol. The molecule has 128 valence electrons. The van der Waals surface area contributed by atoms with Crippen molar-refractivity contribution in [1.82, 2.24) is 0 Å². The largest absolute Gasteiger partial charge is 0.295 e. The molecule has 0 heterocycles. The minimum atomic E-state index is 0.282. The molecule has 0 aromatic heterocycles. The minimum absolute atomic E-state index is 0.282. The average Bonchev–Trinajstić information content (AvgIpc) is 2.52. The maximum atomic E-state index is 12.8. The highest BCUT2D eigenvalue weighted by Crippen LogP contribution is 2.46. The predicted octanol–water partition coefficient (Wildman–Crippen LogP) is 7.00. The summed E-state index contributed by atoms with van der Waals surface area (Å²) in [7, 11) is 0. The van der Waals surface area contributed by atoms with Gasteiger partial charge < -0.3 is 0 Å². The molecule has 0 aromatic rings. The maximum Gasteiger partial charge on any atom is 0.159 e. The molecule has 0 N–H and O–H groups in total. The molecule has 1 aliphatic rings. The van der Waals surface area contributed by atoms with Crippen molar-refractivity contribution in [3.8, 4) is 0 Å². The van der Waals surface area contributed by atoms with Gasteiger partial charge in [-0.05, 0) is 55.9 Å². The van der Waals surface area contributed by atoms with Gasteiger partial charge in [-0.25, -0.2) is 0 Å². The molecule has 22 heavy (non-hydrogen) atoms. The van der Waals surface area contributed by atoms with Crippen LogP contribution in [0.2, 0.25) is 0 Å². The fourth-order valence-corrected chi connectivity index (χ4v) is 3.92. The van der Waals surface area contributed by atoms with E-state index in [1.807, 2.05) is 0 Å². The Bertz CT molecular complexity index is 366. The molecule has 1 aliphatic carbocycles. The van der Waals surface area contributed by atoms with E-state index in [2.05, 4.69) is 27.7 Å². The van der Waals surface area contributed by atoms with Crippen LogP contribution in [0.15, 0.2) is 11.1 Å². The van der Waals surface area contributed by atoms with Crippen LogP contribution in [0.4, 0.5) is 0 Å². The molecule has 0 spiro atoms. The van der Waals surface area contributed by atoms with Gasteiger partial charge in [0.2, 0.25) is 0 Å². The first-order valence-electron chi connectivity index (χ1n) is 9.86. The zero-order chi connectivity index (χ0) is 16.4. The summed E-state index contributed by atoms with van der Waals surface area (Å²) >= 11 is 0. The Hall–Kier alpha value is -0.590. The van der Waals surface area contributed by atoms with E-state index in [0.29, 0.717) is 5.78 Å². The van der Waals surface area contributed by atoms with E-state index in [1.54, 1.807) is 0 Å². The van der Waals surface area contributed by atoms with E-state index in [-0.39, 0.29) is 5.41 Å². The standard InChI is InChI=1S/C21H38O/c1-5-9-12-13-18-16-21(8-4,15-11-7-3)17-20(22)19(18)14-10-6-2/h5-17H2,1-4H3. The van der Waals surface area contributed by atoms with E-state index >= 15 is 0 Å². The second-order valence-electron chi connectivity index (χ2n) is 7.38. The maximum absolute atomic E-state index is 12.8. The summed E-state index contributed by atoms with van der Waals surface area (Å²) in [6, 6.07) is 0. The lowest BCUT2D eigenvalue weighted by molar-refractivity contribution is -0.119. The first-order valence-corrected chi connectivity index (χ1v) is 9.86. The number of carbonyl (C=O) groups excluding carboxylic acids is 1. The van der Waals surface area contributed by atoms with Gasteiger partial charge in [0.1, 0.15) is 0 Å². The van der Waals surface area contributed by atoms with Crippen molar-refractivity contribution in [3.63, 3.8) is 0 Å². The van der Waals surface area contributed by atoms with Crippen molar-refractivity contribution in [3.05, 3.63) is 11.1 Å². The molecule has 1 rings (SSSR count). The molecular formula is C21H38O. The lowest BCUT2D eigenvalue weighted by Crippen LogP contribution is -2.31. The fraction of sp³-hybridized carbons (Fsp3) is 0.857. The molecule has 0 amide bonds. The highest BCUT2D eigenvalue weighted by molar-refractivity contribution is 5.97. The Balaban J connectivity index is 2.92. The molecule has 0 saturated heterocycles. The Labute approximate surface area is 139 Å². The normalized spacial score (nSPS) is 22.5. The van der Waals surface area contributed by atoms with Crippen molar-refractivity contribution in [2.24, 2.45) is 5.41 Å². The van der Waals surface area contributed by atoms with Gasteiger partial charge in [-0.3, -0.25) is 4.79 Å². The Morgan fingerprint density at radius 3 is 2.09 bits per heavy atom. The van der Waals surface area contributed by atoms with Crippen LogP contribution in [-0.2, 0) is 4.79 Å². The van der Waals surface area contributed by atoms with Crippen molar-refractivity contribution < 1.29 is 4.79 Å². The van der Waals surface area contributed by atoms with Crippen molar-refractivity contribution in [2.45, 2.75) is 111 Å².